The van der Waals surface area contributed by atoms with E-state index in [1.165, 1.54) is 5.56 Å². The van der Waals surface area contributed by atoms with Crippen LogP contribution in [0.1, 0.15) is 19.4 Å². The maximum atomic E-state index is 5.15. The van der Waals surface area contributed by atoms with Crippen LogP contribution in [0.5, 0.6) is 5.75 Å². The van der Waals surface area contributed by atoms with Gasteiger partial charge in [-0.15, -0.1) is 0 Å². The standard InChI is InChI=1S/C15H26N2O/c1-13(2)11-16-9-10-17(3)12-14-5-7-15(18-4)8-6-14/h5-8,13,16H,9-12H2,1-4H3. The molecule has 0 aromatic heterocycles. The lowest BCUT2D eigenvalue weighted by molar-refractivity contribution is 0.321. The van der Waals surface area contributed by atoms with Crippen molar-refractivity contribution in [1.29, 1.82) is 0 Å². The molecule has 1 rings (SSSR count). The van der Waals surface area contributed by atoms with E-state index in [0.29, 0.717) is 0 Å². The zero-order valence-corrected chi connectivity index (χ0v) is 12.1. The highest BCUT2D eigenvalue weighted by atomic mass is 16.5. The van der Waals surface area contributed by atoms with Crippen LogP contribution < -0.4 is 10.1 Å². The number of hydrogen-bond acceptors (Lipinski definition) is 3. The Morgan fingerprint density at radius 3 is 2.44 bits per heavy atom. The summed E-state index contributed by atoms with van der Waals surface area (Å²) in [5, 5.41) is 3.46. The summed E-state index contributed by atoms with van der Waals surface area (Å²) in [5.74, 6) is 1.64. The molecule has 0 aliphatic rings. The van der Waals surface area contributed by atoms with Gasteiger partial charge >= 0.3 is 0 Å². The highest BCUT2D eigenvalue weighted by Gasteiger charge is 2.01. The summed E-state index contributed by atoms with van der Waals surface area (Å²) in [6.45, 7) is 8.65. The summed E-state index contributed by atoms with van der Waals surface area (Å²) in [6, 6.07) is 8.27. The van der Waals surface area contributed by atoms with Gasteiger partial charge in [0.15, 0.2) is 0 Å². The first-order chi connectivity index (χ1) is 8.61. The molecule has 102 valence electrons. The van der Waals surface area contributed by atoms with Crippen LogP contribution in [0.15, 0.2) is 24.3 Å². The molecular weight excluding hydrogens is 224 g/mol. The molecule has 18 heavy (non-hydrogen) atoms. The highest BCUT2D eigenvalue weighted by Crippen LogP contribution is 2.12. The Balaban J connectivity index is 2.24. The van der Waals surface area contributed by atoms with E-state index < -0.39 is 0 Å². The van der Waals surface area contributed by atoms with Crippen molar-refractivity contribution in [2.75, 3.05) is 33.8 Å². The normalized spacial score (nSPS) is 11.2. The van der Waals surface area contributed by atoms with Gasteiger partial charge in [0.05, 0.1) is 7.11 Å². The molecule has 3 nitrogen and oxygen atoms in total. The van der Waals surface area contributed by atoms with Gasteiger partial charge in [0.1, 0.15) is 5.75 Å². The van der Waals surface area contributed by atoms with E-state index in [0.717, 1.165) is 37.8 Å². The van der Waals surface area contributed by atoms with Crippen LogP contribution in [0, 0.1) is 5.92 Å². The van der Waals surface area contributed by atoms with Crippen LogP contribution in [0.25, 0.3) is 0 Å². The van der Waals surface area contributed by atoms with E-state index in [2.05, 4.69) is 43.2 Å². The number of ether oxygens (including phenoxy) is 1. The van der Waals surface area contributed by atoms with Gasteiger partial charge in [0, 0.05) is 19.6 Å². The number of nitrogens with zero attached hydrogens (tertiary/aromatic N) is 1. The fraction of sp³-hybridized carbons (Fsp3) is 0.600. The van der Waals surface area contributed by atoms with Gasteiger partial charge in [-0.05, 0) is 37.2 Å². The zero-order chi connectivity index (χ0) is 13.4. The van der Waals surface area contributed by atoms with Crippen LogP contribution in [-0.2, 0) is 6.54 Å². The van der Waals surface area contributed by atoms with E-state index in [1.807, 2.05) is 12.1 Å². The van der Waals surface area contributed by atoms with Crippen molar-refractivity contribution in [2.24, 2.45) is 5.92 Å². The average molecular weight is 250 g/mol. The lowest BCUT2D eigenvalue weighted by atomic mass is 10.2. The Morgan fingerprint density at radius 1 is 1.22 bits per heavy atom. The molecule has 0 fully saturated rings. The lowest BCUT2D eigenvalue weighted by Crippen LogP contribution is -2.30. The maximum absolute atomic E-state index is 5.15. The summed E-state index contributed by atoms with van der Waals surface area (Å²) in [5.41, 5.74) is 1.32. The molecule has 0 heterocycles. The SMILES string of the molecule is COc1ccc(CN(C)CCNCC(C)C)cc1. The molecule has 0 atom stereocenters. The first-order valence-electron chi connectivity index (χ1n) is 6.64. The van der Waals surface area contributed by atoms with E-state index in [9.17, 15) is 0 Å². The predicted molar refractivity (Wildman–Crippen MR) is 77.0 cm³/mol. The van der Waals surface area contributed by atoms with Gasteiger partial charge in [0.25, 0.3) is 0 Å². The van der Waals surface area contributed by atoms with Gasteiger partial charge < -0.3 is 15.0 Å². The minimum Gasteiger partial charge on any atom is -0.497 e. The molecule has 0 bridgehead atoms. The van der Waals surface area contributed by atoms with Crippen LogP contribution >= 0.6 is 0 Å². The second kappa shape index (κ2) is 8.11. The Labute approximate surface area is 111 Å². The predicted octanol–water partition coefficient (Wildman–Crippen LogP) is 2.37. The van der Waals surface area contributed by atoms with E-state index in [4.69, 9.17) is 4.74 Å². The molecule has 0 unspecified atom stereocenters. The summed E-state index contributed by atoms with van der Waals surface area (Å²) in [7, 11) is 3.85. The largest absolute Gasteiger partial charge is 0.497 e. The zero-order valence-electron chi connectivity index (χ0n) is 12.1. The van der Waals surface area contributed by atoms with E-state index in [-0.39, 0.29) is 0 Å². The Kier molecular flexibility index (Phi) is 6.76. The minimum atomic E-state index is 0.719. The Morgan fingerprint density at radius 2 is 1.89 bits per heavy atom. The molecule has 1 N–H and O–H groups in total. The molecular formula is C15H26N2O. The fourth-order valence-corrected chi connectivity index (χ4v) is 1.78. The van der Waals surface area contributed by atoms with Crippen molar-refractivity contribution in [2.45, 2.75) is 20.4 Å². The van der Waals surface area contributed by atoms with Crippen molar-refractivity contribution in [3.05, 3.63) is 29.8 Å². The van der Waals surface area contributed by atoms with Gasteiger partial charge in [-0.1, -0.05) is 26.0 Å². The molecule has 1 aromatic carbocycles. The minimum absolute atomic E-state index is 0.719. The van der Waals surface area contributed by atoms with Crippen molar-refractivity contribution < 1.29 is 4.74 Å². The smallest absolute Gasteiger partial charge is 0.118 e. The molecule has 1 aromatic rings. The topological polar surface area (TPSA) is 24.5 Å². The summed E-state index contributed by atoms with van der Waals surface area (Å²) >= 11 is 0. The summed E-state index contributed by atoms with van der Waals surface area (Å²) in [4.78, 5) is 2.33. The average Bonchev–Trinajstić information content (AvgIpc) is 2.35. The summed E-state index contributed by atoms with van der Waals surface area (Å²) in [6.07, 6.45) is 0. The monoisotopic (exact) mass is 250 g/mol. The molecule has 0 amide bonds. The van der Waals surface area contributed by atoms with Crippen LogP contribution in [0.3, 0.4) is 0 Å². The first-order valence-corrected chi connectivity index (χ1v) is 6.64. The number of rotatable bonds is 8. The van der Waals surface area contributed by atoms with Gasteiger partial charge in [-0.25, -0.2) is 0 Å². The summed E-state index contributed by atoms with van der Waals surface area (Å²) < 4.78 is 5.15. The van der Waals surface area contributed by atoms with Gasteiger partial charge in [-0.2, -0.15) is 0 Å². The second-order valence-electron chi connectivity index (χ2n) is 5.18. The first kappa shape index (κ1) is 15.0. The van der Waals surface area contributed by atoms with Crippen LogP contribution in [0.2, 0.25) is 0 Å². The molecule has 0 spiro atoms. The number of methoxy groups -OCH3 is 1. The van der Waals surface area contributed by atoms with Crippen LogP contribution in [-0.4, -0.2) is 38.7 Å². The lowest BCUT2D eigenvalue weighted by Gasteiger charge is -2.17. The van der Waals surface area contributed by atoms with Gasteiger partial charge in [0.2, 0.25) is 0 Å². The third-order valence-corrected chi connectivity index (χ3v) is 2.83. The van der Waals surface area contributed by atoms with Crippen LogP contribution in [0.4, 0.5) is 0 Å². The molecule has 0 aliphatic heterocycles. The molecule has 0 saturated heterocycles. The molecule has 0 saturated carbocycles. The third kappa shape index (κ3) is 6.03. The Bertz CT molecular complexity index is 322. The molecule has 3 heteroatoms. The third-order valence-electron chi connectivity index (χ3n) is 2.83. The fourth-order valence-electron chi connectivity index (χ4n) is 1.78. The number of benzene rings is 1. The van der Waals surface area contributed by atoms with Crippen molar-refractivity contribution in [3.63, 3.8) is 0 Å². The van der Waals surface area contributed by atoms with Crippen molar-refractivity contribution in [3.8, 4) is 5.75 Å². The van der Waals surface area contributed by atoms with Crippen molar-refractivity contribution in [1.82, 2.24) is 10.2 Å². The Hall–Kier alpha value is -1.06. The quantitative estimate of drug-likeness (QED) is 0.717. The number of hydrogen-bond donors (Lipinski definition) is 1. The van der Waals surface area contributed by atoms with Crippen molar-refractivity contribution >= 4 is 0 Å². The molecule has 0 radical (unpaired) electrons. The number of nitrogens with one attached hydrogen (secondary N) is 1. The molecule has 0 aliphatic carbocycles. The van der Waals surface area contributed by atoms with E-state index >= 15 is 0 Å². The second-order valence-corrected chi connectivity index (χ2v) is 5.18. The number of likely N-dealkylation sites (N-methyl/N-ethyl adjacent to an activating group) is 1. The maximum Gasteiger partial charge on any atom is 0.118 e. The highest BCUT2D eigenvalue weighted by molar-refractivity contribution is 5.26. The van der Waals surface area contributed by atoms with Gasteiger partial charge in [-0.3, -0.25) is 0 Å². The van der Waals surface area contributed by atoms with E-state index in [1.54, 1.807) is 7.11 Å².